The predicted molar refractivity (Wildman–Crippen MR) is 81.5 cm³/mol. The number of carboxylic acid groups (broad SMARTS) is 1. The Morgan fingerprint density at radius 1 is 1.33 bits per heavy atom. The lowest BCUT2D eigenvalue weighted by molar-refractivity contribution is -0.136. The highest BCUT2D eigenvalue weighted by atomic mass is 16.4. The summed E-state index contributed by atoms with van der Waals surface area (Å²) in [6, 6.07) is 9.48. The molecule has 2 rings (SSSR count). The van der Waals surface area contributed by atoms with E-state index < -0.39 is 5.97 Å². The van der Waals surface area contributed by atoms with Crippen LogP contribution in [-0.4, -0.2) is 41.1 Å². The van der Waals surface area contributed by atoms with Crippen LogP contribution in [0.25, 0.3) is 0 Å². The van der Waals surface area contributed by atoms with Crippen molar-refractivity contribution in [1.29, 1.82) is 0 Å². The lowest BCUT2D eigenvalue weighted by Crippen LogP contribution is -2.46. The van der Waals surface area contributed by atoms with E-state index in [4.69, 9.17) is 5.11 Å². The SMILES string of the molecule is CCC1CCCN1C(=O)N(CCC(=O)O)c1ccccc1. The highest BCUT2D eigenvalue weighted by Crippen LogP contribution is 2.24. The molecule has 0 aliphatic carbocycles. The lowest BCUT2D eigenvalue weighted by Gasteiger charge is -2.31. The molecular weight excluding hydrogens is 268 g/mol. The van der Waals surface area contributed by atoms with E-state index in [1.54, 1.807) is 4.90 Å². The number of likely N-dealkylation sites (tertiary alicyclic amines) is 1. The first-order valence-corrected chi connectivity index (χ1v) is 7.48. The molecule has 5 nitrogen and oxygen atoms in total. The number of hydrogen-bond acceptors (Lipinski definition) is 2. The number of benzene rings is 1. The van der Waals surface area contributed by atoms with E-state index >= 15 is 0 Å². The van der Waals surface area contributed by atoms with Gasteiger partial charge < -0.3 is 10.0 Å². The van der Waals surface area contributed by atoms with E-state index in [1.165, 1.54) is 0 Å². The molecule has 1 heterocycles. The van der Waals surface area contributed by atoms with Crippen molar-refractivity contribution in [3.63, 3.8) is 0 Å². The number of urea groups is 1. The van der Waals surface area contributed by atoms with Crippen LogP contribution in [0.4, 0.5) is 10.5 Å². The Balaban J connectivity index is 2.18. The molecule has 0 spiro atoms. The molecule has 0 bridgehead atoms. The summed E-state index contributed by atoms with van der Waals surface area (Å²) in [6.07, 6.45) is 2.94. The number of para-hydroxylation sites is 1. The summed E-state index contributed by atoms with van der Waals surface area (Å²) >= 11 is 0. The fraction of sp³-hybridized carbons (Fsp3) is 0.500. The summed E-state index contributed by atoms with van der Waals surface area (Å²) in [4.78, 5) is 27.1. The van der Waals surface area contributed by atoms with E-state index in [0.717, 1.165) is 31.5 Å². The quantitative estimate of drug-likeness (QED) is 0.907. The van der Waals surface area contributed by atoms with Crippen LogP contribution in [0.15, 0.2) is 30.3 Å². The molecule has 1 aliphatic heterocycles. The Labute approximate surface area is 125 Å². The first-order chi connectivity index (χ1) is 10.1. The summed E-state index contributed by atoms with van der Waals surface area (Å²) in [5.74, 6) is -0.891. The van der Waals surface area contributed by atoms with Crippen LogP contribution < -0.4 is 4.90 Å². The molecule has 1 atom stereocenters. The van der Waals surface area contributed by atoms with Crippen molar-refractivity contribution in [1.82, 2.24) is 4.90 Å². The fourth-order valence-corrected chi connectivity index (χ4v) is 2.82. The number of carbonyl (C=O) groups excluding carboxylic acids is 1. The third-order valence-electron chi connectivity index (χ3n) is 3.94. The molecule has 0 saturated carbocycles. The zero-order chi connectivity index (χ0) is 15.2. The number of aliphatic carboxylic acids is 1. The van der Waals surface area contributed by atoms with Crippen LogP contribution >= 0.6 is 0 Å². The molecule has 1 aliphatic rings. The van der Waals surface area contributed by atoms with E-state index in [-0.39, 0.29) is 25.0 Å². The second-order valence-corrected chi connectivity index (χ2v) is 5.31. The average Bonchev–Trinajstić information content (AvgIpc) is 2.96. The van der Waals surface area contributed by atoms with Crippen molar-refractivity contribution in [2.75, 3.05) is 18.0 Å². The Hall–Kier alpha value is -2.04. The molecule has 114 valence electrons. The van der Waals surface area contributed by atoms with Crippen LogP contribution in [-0.2, 0) is 4.79 Å². The van der Waals surface area contributed by atoms with Crippen molar-refractivity contribution in [3.8, 4) is 0 Å². The van der Waals surface area contributed by atoms with Crippen LogP contribution in [0.3, 0.4) is 0 Å². The molecule has 0 radical (unpaired) electrons. The lowest BCUT2D eigenvalue weighted by atomic mass is 10.2. The van der Waals surface area contributed by atoms with Gasteiger partial charge in [0, 0.05) is 24.8 Å². The summed E-state index contributed by atoms with van der Waals surface area (Å²) in [5.41, 5.74) is 0.755. The Bertz CT molecular complexity index is 490. The van der Waals surface area contributed by atoms with Crippen LogP contribution in [0, 0.1) is 0 Å². The summed E-state index contributed by atoms with van der Waals surface area (Å²) < 4.78 is 0. The Morgan fingerprint density at radius 3 is 2.67 bits per heavy atom. The van der Waals surface area contributed by atoms with Crippen LogP contribution in [0.5, 0.6) is 0 Å². The molecule has 1 fully saturated rings. The van der Waals surface area contributed by atoms with Crippen molar-refractivity contribution >= 4 is 17.7 Å². The molecule has 1 aromatic carbocycles. The van der Waals surface area contributed by atoms with Gasteiger partial charge in [-0.15, -0.1) is 0 Å². The number of anilines is 1. The minimum Gasteiger partial charge on any atom is -0.481 e. The molecule has 0 aromatic heterocycles. The topological polar surface area (TPSA) is 60.9 Å². The molecule has 1 unspecified atom stereocenters. The summed E-state index contributed by atoms with van der Waals surface area (Å²) in [6.45, 7) is 3.04. The summed E-state index contributed by atoms with van der Waals surface area (Å²) in [5, 5.41) is 8.90. The van der Waals surface area contributed by atoms with Crippen molar-refractivity contribution in [3.05, 3.63) is 30.3 Å². The van der Waals surface area contributed by atoms with Crippen LogP contribution in [0.2, 0.25) is 0 Å². The van der Waals surface area contributed by atoms with Gasteiger partial charge in [-0.2, -0.15) is 0 Å². The van der Waals surface area contributed by atoms with Gasteiger partial charge in [0.15, 0.2) is 0 Å². The fourth-order valence-electron chi connectivity index (χ4n) is 2.82. The van der Waals surface area contributed by atoms with Gasteiger partial charge in [-0.25, -0.2) is 4.79 Å². The highest BCUT2D eigenvalue weighted by molar-refractivity contribution is 5.92. The maximum atomic E-state index is 12.8. The van der Waals surface area contributed by atoms with Gasteiger partial charge in [-0.3, -0.25) is 9.69 Å². The number of nitrogens with zero attached hydrogens (tertiary/aromatic N) is 2. The largest absolute Gasteiger partial charge is 0.481 e. The first-order valence-electron chi connectivity index (χ1n) is 7.48. The molecule has 5 heteroatoms. The molecule has 1 N–H and O–H groups in total. The predicted octanol–water partition coefficient (Wildman–Crippen LogP) is 2.96. The normalized spacial score (nSPS) is 17.8. The third kappa shape index (κ3) is 3.74. The number of hydrogen-bond donors (Lipinski definition) is 1. The number of amides is 2. The Kier molecular flexibility index (Phi) is 5.20. The molecular formula is C16H22N2O3. The van der Waals surface area contributed by atoms with Gasteiger partial charge in [0.25, 0.3) is 0 Å². The smallest absolute Gasteiger partial charge is 0.324 e. The minimum atomic E-state index is -0.891. The monoisotopic (exact) mass is 290 g/mol. The van der Waals surface area contributed by atoms with E-state index in [2.05, 4.69) is 6.92 Å². The molecule has 21 heavy (non-hydrogen) atoms. The molecule has 1 aromatic rings. The standard InChI is InChI=1S/C16H22N2O3/c1-2-13-9-6-11-17(13)16(21)18(12-10-15(19)20)14-7-4-3-5-8-14/h3-5,7-8,13H,2,6,9-12H2,1H3,(H,19,20). The number of carbonyl (C=O) groups is 2. The maximum Gasteiger partial charge on any atom is 0.324 e. The zero-order valence-electron chi connectivity index (χ0n) is 12.4. The van der Waals surface area contributed by atoms with Crippen LogP contribution in [0.1, 0.15) is 32.6 Å². The van der Waals surface area contributed by atoms with Gasteiger partial charge >= 0.3 is 12.0 Å². The second-order valence-electron chi connectivity index (χ2n) is 5.31. The highest BCUT2D eigenvalue weighted by Gasteiger charge is 2.31. The van der Waals surface area contributed by atoms with Crippen molar-refractivity contribution in [2.24, 2.45) is 0 Å². The van der Waals surface area contributed by atoms with E-state index in [1.807, 2.05) is 35.2 Å². The van der Waals surface area contributed by atoms with Crippen molar-refractivity contribution in [2.45, 2.75) is 38.6 Å². The van der Waals surface area contributed by atoms with Gasteiger partial charge in [0.2, 0.25) is 0 Å². The van der Waals surface area contributed by atoms with Gasteiger partial charge in [0.05, 0.1) is 6.42 Å². The zero-order valence-corrected chi connectivity index (χ0v) is 12.4. The van der Waals surface area contributed by atoms with E-state index in [0.29, 0.717) is 0 Å². The second kappa shape index (κ2) is 7.11. The Morgan fingerprint density at radius 2 is 2.05 bits per heavy atom. The van der Waals surface area contributed by atoms with Gasteiger partial charge in [-0.05, 0) is 31.4 Å². The first kappa shape index (κ1) is 15.4. The number of carboxylic acids is 1. The minimum absolute atomic E-state index is 0.0503. The molecule has 2 amide bonds. The number of rotatable bonds is 5. The van der Waals surface area contributed by atoms with Crippen molar-refractivity contribution < 1.29 is 14.7 Å². The van der Waals surface area contributed by atoms with Gasteiger partial charge in [0.1, 0.15) is 0 Å². The molecule has 1 saturated heterocycles. The summed E-state index contributed by atoms with van der Waals surface area (Å²) in [7, 11) is 0. The average molecular weight is 290 g/mol. The third-order valence-corrected chi connectivity index (χ3v) is 3.94. The van der Waals surface area contributed by atoms with Gasteiger partial charge in [-0.1, -0.05) is 25.1 Å². The van der Waals surface area contributed by atoms with E-state index in [9.17, 15) is 9.59 Å². The maximum absolute atomic E-state index is 12.8.